The van der Waals surface area contributed by atoms with Crippen LogP contribution < -0.4 is 10.6 Å². The highest BCUT2D eigenvalue weighted by Crippen LogP contribution is 1.87. The van der Waals surface area contributed by atoms with Crippen molar-refractivity contribution in [3.05, 3.63) is 0 Å². The van der Waals surface area contributed by atoms with Gasteiger partial charge in [-0.25, -0.2) is 0 Å². The average molecular weight is 130 g/mol. The first-order chi connectivity index (χ1) is 4.43. The summed E-state index contributed by atoms with van der Waals surface area (Å²) < 4.78 is 5.21. The molecule has 1 rings (SSSR count). The van der Waals surface area contributed by atoms with Crippen LogP contribution >= 0.6 is 0 Å². The normalized spacial score (nSPS) is 28.3. The monoisotopic (exact) mass is 130 g/mol. The van der Waals surface area contributed by atoms with E-state index in [1.54, 1.807) is 0 Å². The molecule has 2 N–H and O–H groups in total. The van der Waals surface area contributed by atoms with Crippen molar-refractivity contribution < 1.29 is 4.74 Å². The molecule has 3 nitrogen and oxygen atoms in total. The Morgan fingerprint density at radius 3 is 3.22 bits per heavy atom. The van der Waals surface area contributed by atoms with Gasteiger partial charge in [0.25, 0.3) is 0 Å². The Bertz CT molecular complexity index is 68.7. The molecule has 1 aliphatic heterocycles. The van der Waals surface area contributed by atoms with Gasteiger partial charge >= 0.3 is 0 Å². The van der Waals surface area contributed by atoms with Crippen LogP contribution in [0.1, 0.15) is 6.92 Å². The molecule has 3 heteroatoms. The SMILES string of the molecule is CCNC1COCCN1. The van der Waals surface area contributed by atoms with Crippen LogP contribution in [0.5, 0.6) is 0 Å². The van der Waals surface area contributed by atoms with Crippen molar-refractivity contribution in [2.75, 3.05) is 26.3 Å². The fourth-order valence-electron chi connectivity index (χ4n) is 0.943. The van der Waals surface area contributed by atoms with Crippen LogP contribution in [0.15, 0.2) is 0 Å². The predicted octanol–water partition coefficient (Wildman–Crippen LogP) is -0.458. The van der Waals surface area contributed by atoms with Gasteiger partial charge in [0, 0.05) is 6.54 Å². The third-order valence-electron chi connectivity index (χ3n) is 1.37. The maximum absolute atomic E-state index is 5.21. The molecule has 0 bridgehead atoms. The zero-order valence-electron chi connectivity index (χ0n) is 5.81. The van der Waals surface area contributed by atoms with Gasteiger partial charge in [-0.05, 0) is 6.54 Å². The van der Waals surface area contributed by atoms with Gasteiger partial charge in [0.1, 0.15) is 0 Å². The highest BCUT2D eigenvalue weighted by Gasteiger charge is 2.09. The molecule has 0 saturated carbocycles. The Kier molecular flexibility index (Phi) is 2.97. The Balaban J connectivity index is 2.08. The Morgan fingerprint density at radius 1 is 1.78 bits per heavy atom. The summed E-state index contributed by atoms with van der Waals surface area (Å²) in [6, 6.07) is 0. The van der Waals surface area contributed by atoms with Crippen LogP contribution in [0.3, 0.4) is 0 Å². The number of rotatable bonds is 2. The molecule has 1 aliphatic rings. The van der Waals surface area contributed by atoms with Crippen molar-refractivity contribution in [1.29, 1.82) is 0 Å². The molecule has 0 radical (unpaired) electrons. The number of likely N-dealkylation sites (N-methyl/N-ethyl adjacent to an activating group) is 1. The lowest BCUT2D eigenvalue weighted by molar-refractivity contribution is 0.0666. The molecule has 1 saturated heterocycles. The van der Waals surface area contributed by atoms with Gasteiger partial charge in [-0.15, -0.1) is 0 Å². The second-order valence-corrected chi connectivity index (χ2v) is 2.14. The lowest BCUT2D eigenvalue weighted by Crippen LogP contribution is -2.50. The largest absolute Gasteiger partial charge is 0.377 e. The summed E-state index contributed by atoms with van der Waals surface area (Å²) in [5.74, 6) is 0. The zero-order valence-corrected chi connectivity index (χ0v) is 5.81. The van der Waals surface area contributed by atoms with E-state index in [2.05, 4.69) is 17.6 Å². The molecule has 0 spiro atoms. The second kappa shape index (κ2) is 3.82. The van der Waals surface area contributed by atoms with E-state index < -0.39 is 0 Å². The Morgan fingerprint density at radius 2 is 2.67 bits per heavy atom. The number of hydrogen-bond acceptors (Lipinski definition) is 3. The van der Waals surface area contributed by atoms with Gasteiger partial charge < -0.3 is 10.1 Å². The van der Waals surface area contributed by atoms with Crippen LogP contribution in [-0.4, -0.2) is 32.5 Å². The molecule has 54 valence electrons. The van der Waals surface area contributed by atoms with Crippen molar-refractivity contribution in [3.63, 3.8) is 0 Å². The van der Waals surface area contributed by atoms with Crippen LogP contribution in [0.2, 0.25) is 0 Å². The number of morpholine rings is 1. The second-order valence-electron chi connectivity index (χ2n) is 2.14. The Hall–Kier alpha value is -0.120. The van der Waals surface area contributed by atoms with E-state index in [1.807, 2.05) is 0 Å². The van der Waals surface area contributed by atoms with Crippen molar-refractivity contribution in [3.8, 4) is 0 Å². The van der Waals surface area contributed by atoms with E-state index in [0.29, 0.717) is 6.17 Å². The molecule has 0 aromatic heterocycles. The average Bonchev–Trinajstić information content (AvgIpc) is 1.91. The lowest BCUT2D eigenvalue weighted by atomic mass is 10.4. The topological polar surface area (TPSA) is 33.3 Å². The van der Waals surface area contributed by atoms with E-state index in [1.165, 1.54) is 0 Å². The number of hydrogen-bond donors (Lipinski definition) is 2. The fraction of sp³-hybridized carbons (Fsp3) is 1.00. The van der Waals surface area contributed by atoms with Crippen LogP contribution in [-0.2, 0) is 4.74 Å². The van der Waals surface area contributed by atoms with Crippen LogP contribution in [0, 0.1) is 0 Å². The maximum Gasteiger partial charge on any atom is 0.0813 e. The van der Waals surface area contributed by atoms with Gasteiger partial charge in [0.2, 0.25) is 0 Å². The van der Waals surface area contributed by atoms with Gasteiger partial charge in [0.15, 0.2) is 0 Å². The molecular formula is C6H14N2O. The van der Waals surface area contributed by atoms with Gasteiger partial charge in [0.05, 0.1) is 19.4 Å². The predicted molar refractivity (Wildman–Crippen MR) is 36.3 cm³/mol. The van der Waals surface area contributed by atoms with Gasteiger partial charge in [-0.1, -0.05) is 6.92 Å². The molecular weight excluding hydrogens is 116 g/mol. The first kappa shape index (κ1) is 6.99. The summed E-state index contributed by atoms with van der Waals surface area (Å²) in [4.78, 5) is 0. The third kappa shape index (κ3) is 2.30. The lowest BCUT2D eigenvalue weighted by Gasteiger charge is -2.23. The van der Waals surface area contributed by atoms with Crippen molar-refractivity contribution in [2.24, 2.45) is 0 Å². The zero-order chi connectivity index (χ0) is 6.53. The van der Waals surface area contributed by atoms with E-state index in [4.69, 9.17) is 4.74 Å². The molecule has 1 atom stereocenters. The summed E-state index contributed by atoms with van der Waals surface area (Å²) in [5, 5.41) is 6.53. The van der Waals surface area contributed by atoms with E-state index >= 15 is 0 Å². The summed E-state index contributed by atoms with van der Waals surface area (Å²) in [7, 11) is 0. The van der Waals surface area contributed by atoms with Crippen molar-refractivity contribution >= 4 is 0 Å². The summed E-state index contributed by atoms with van der Waals surface area (Å²) in [6.45, 7) is 5.71. The Labute approximate surface area is 55.8 Å². The van der Waals surface area contributed by atoms with E-state index in [0.717, 1.165) is 26.3 Å². The van der Waals surface area contributed by atoms with E-state index in [-0.39, 0.29) is 0 Å². The highest BCUT2D eigenvalue weighted by atomic mass is 16.5. The molecule has 0 aromatic rings. The molecule has 1 fully saturated rings. The van der Waals surface area contributed by atoms with Gasteiger partial charge in [-0.2, -0.15) is 0 Å². The minimum Gasteiger partial charge on any atom is -0.377 e. The standard InChI is InChI=1S/C6H14N2O/c1-2-7-6-5-9-4-3-8-6/h6-8H,2-5H2,1H3. The fourth-order valence-corrected chi connectivity index (χ4v) is 0.943. The smallest absolute Gasteiger partial charge is 0.0813 e. The highest BCUT2D eigenvalue weighted by molar-refractivity contribution is 4.65. The summed E-state index contributed by atoms with van der Waals surface area (Å²) >= 11 is 0. The molecule has 1 unspecified atom stereocenters. The van der Waals surface area contributed by atoms with E-state index in [9.17, 15) is 0 Å². The molecule has 0 aliphatic carbocycles. The van der Waals surface area contributed by atoms with Crippen molar-refractivity contribution in [1.82, 2.24) is 10.6 Å². The first-order valence-corrected chi connectivity index (χ1v) is 3.48. The minimum absolute atomic E-state index is 0.378. The number of nitrogens with one attached hydrogen (secondary N) is 2. The minimum atomic E-state index is 0.378. The molecule has 9 heavy (non-hydrogen) atoms. The van der Waals surface area contributed by atoms with Crippen LogP contribution in [0.4, 0.5) is 0 Å². The van der Waals surface area contributed by atoms with Crippen molar-refractivity contribution in [2.45, 2.75) is 13.1 Å². The summed E-state index contributed by atoms with van der Waals surface area (Å²) in [5.41, 5.74) is 0. The summed E-state index contributed by atoms with van der Waals surface area (Å²) in [6.07, 6.45) is 0.378. The first-order valence-electron chi connectivity index (χ1n) is 3.48. The van der Waals surface area contributed by atoms with Gasteiger partial charge in [-0.3, -0.25) is 5.32 Å². The number of ether oxygens (including phenoxy) is 1. The maximum atomic E-state index is 5.21. The molecule has 1 heterocycles. The quantitative estimate of drug-likeness (QED) is 0.531. The molecule has 0 aromatic carbocycles. The third-order valence-corrected chi connectivity index (χ3v) is 1.37. The molecule has 0 amide bonds. The van der Waals surface area contributed by atoms with Crippen LogP contribution in [0.25, 0.3) is 0 Å².